The smallest absolute Gasteiger partial charge is 0.398 e. The molecule has 0 radical (unpaired) electrons. The van der Waals surface area contributed by atoms with Crippen LogP contribution in [0, 0.1) is 0 Å². The lowest BCUT2D eigenvalue weighted by molar-refractivity contribution is 0.383. The van der Waals surface area contributed by atoms with E-state index in [0.717, 1.165) is 0 Å². The average molecular weight is 557 g/mol. The molecule has 0 fully saturated rings. The Kier molecular flexibility index (Phi) is 6.41. The van der Waals surface area contributed by atoms with Gasteiger partial charge in [-0.05, 0) is 24.3 Å². The van der Waals surface area contributed by atoms with E-state index in [-0.39, 0.29) is 41.9 Å². The summed E-state index contributed by atoms with van der Waals surface area (Å²) in [6.07, 6.45) is 0. The molecule has 0 N–H and O–H groups in total. The van der Waals surface area contributed by atoms with Gasteiger partial charge in [-0.15, -0.1) is 0 Å². The lowest BCUT2D eigenvalue weighted by Crippen LogP contribution is -2.02. The van der Waals surface area contributed by atoms with E-state index < -0.39 is 7.60 Å². The zero-order valence-corrected chi connectivity index (χ0v) is 20.7. The fourth-order valence-electron chi connectivity index (χ4n) is 2.79. The molecule has 5 nitrogen and oxygen atoms in total. The molecular weight excluding hydrogens is 548 g/mol. The van der Waals surface area contributed by atoms with Gasteiger partial charge in [-0.3, -0.25) is 0 Å². The number of rotatable bonds is 4. The van der Waals surface area contributed by atoms with Crippen LogP contribution in [0.1, 0.15) is 0 Å². The van der Waals surface area contributed by atoms with Crippen molar-refractivity contribution >= 4 is 99.0 Å². The zero-order chi connectivity index (χ0) is 22.5. The first kappa shape index (κ1) is 23.0. The summed E-state index contributed by atoms with van der Waals surface area (Å²) >= 11 is 37.1. The Morgan fingerprint density at radius 2 is 1.06 bits per heavy atom. The van der Waals surface area contributed by atoms with Crippen molar-refractivity contribution in [3.63, 3.8) is 0 Å². The Hall–Kier alpha value is -1.17. The number of pyridine rings is 2. The maximum atomic E-state index is 13.0. The van der Waals surface area contributed by atoms with Crippen molar-refractivity contribution in [1.29, 1.82) is 0 Å². The van der Waals surface area contributed by atoms with Crippen molar-refractivity contribution in [3.8, 4) is 11.8 Å². The van der Waals surface area contributed by atoms with E-state index in [1.807, 2.05) is 0 Å². The third-order valence-corrected chi connectivity index (χ3v) is 7.37. The first-order valence-electron chi connectivity index (χ1n) is 8.41. The molecule has 0 unspecified atom stereocenters. The average Bonchev–Trinajstić information content (AvgIpc) is 2.67. The molecule has 0 bridgehead atoms. The normalized spacial score (nSPS) is 11.8. The van der Waals surface area contributed by atoms with Gasteiger partial charge in [-0.25, -0.2) is 14.5 Å². The van der Waals surface area contributed by atoms with Crippen molar-refractivity contribution in [2.45, 2.75) is 0 Å². The summed E-state index contributed by atoms with van der Waals surface area (Å²) in [4.78, 5) is 8.51. The van der Waals surface area contributed by atoms with Gasteiger partial charge in [-0.1, -0.05) is 69.6 Å². The Labute approximate surface area is 206 Å². The summed E-state index contributed by atoms with van der Waals surface area (Å²) in [6.45, 7) is 1.24. The summed E-state index contributed by atoms with van der Waals surface area (Å²) in [5.74, 6) is -0.138. The van der Waals surface area contributed by atoms with E-state index >= 15 is 0 Å². The lowest BCUT2D eigenvalue weighted by atomic mass is 10.2. The summed E-state index contributed by atoms with van der Waals surface area (Å²) in [6, 6.07) is 9.32. The molecule has 31 heavy (non-hydrogen) atoms. The SMILES string of the molecule is CP(=O)(Oc1cc(Cl)c2ccc(Cl)c(Cl)c2n1)Oc1cc(Cl)c2ccc(Cl)c(Cl)c2n1. The number of aromatic nitrogens is 2. The first-order valence-corrected chi connectivity index (χ1v) is 12.7. The van der Waals surface area contributed by atoms with Crippen molar-refractivity contribution in [2.24, 2.45) is 0 Å². The number of hydrogen-bond acceptors (Lipinski definition) is 5. The Balaban J connectivity index is 1.69. The largest absolute Gasteiger partial charge is 0.430 e. The number of hydrogen-bond donors (Lipinski definition) is 0. The highest BCUT2D eigenvalue weighted by Crippen LogP contribution is 2.47. The Morgan fingerprint density at radius 1 is 0.677 bits per heavy atom. The number of nitrogens with zero attached hydrogens (tertiary/aromatic N) is 2. The molecule has 2 aromatic heterocycles. The molecule has 0 atom stereocenters. The van der Waals surface area contributed by atoms with Crippen molar-refractivity contribution in [1.82, 2.24) is 9.97 Å². The van der Waals surface area contributed by atoms with Crippen LogP contribution in [0.15, 0.2) is 36.4 Å². The highest BCUT2D eigenvalue weighted by Gasteiger charge is 2.24. The van der Waals surface area contributed by atoms with E-state index in [2.05, 4.69) is 9.97 Å². The quantitative estimate of drug-likeness (QED) is 0.235. The molecular formula is C19H9Cl6N2O3P. The van der Waals surface area contributed by atoms with Gasteiger partial charge in [0.25, 0.3) is 0 Å². The molecule has 0 saturated heterocycles. The molecule has 4 aromatic rings. The van der Waals surface area contributed by atoms with Gasteiger partial charge in [0.15, 0.2) is 0 Å². The summed E-state index contributed by atoms with van der Waals surface area (Å²) in [7, 11) is -3.78. The number of fused-ring (bicyclic) bond motifs is 2. The van der Waals surface area contributed by atoms with Crippen LogP contribution in [-0.2, 0) is 4.57 Å². The van der Waals surface area contributed by atoms with Gasteiger partial charge in [0, 0.05) is 22.9 Å². The predicted octanol–water partition coefficient (Wildman–Crippen LogP) is 8.98. The Morgan fingerprint density at radius 3 is 1.45 bits per heavy atom. The Bertz CT molecular complexity index is 1310. The molecule has 2 heterocycles. The van der Waals surface area contributed by atoms with Gasteiger partial charge < -0.3 is 9.05 Å². The van der Waals surface area contributed by atoms with Crippen LogP contribution in [0.5, 0.6) is 11.8 Å². The zero-order valence-electron chi connectivity index (χ0n) is 15.3. The van der Waals surface area contributed by atoms with Gasteiger partial charge in [0.2, 0.25) is 11.8 Å². The standard InChI is InChI=1S/C19H9Cl6N2O3P/c1-31(28,29-14-6-12(22)8-2-4-10(20)16(24)18(8)26-14)30-15-7-13(23)9-3-5-11(21)17(25)19(9)27-15/h2-7H,1H3. The molecule has 4 rings (SSSR count). The minimum atomic E-state index is -3.78. The molecule has 0 spiro atoms. The van der Waals surface area contributed by atoms with Crippen molar-refractivity contribution in [3.05, 3.63) is 66.5 Å². The van der Waals surface area contributed by atoms with Crippen LogP contribution in [0.2, 0.25) is 30.1 Å². The number of halogens is 6. The first-order chi connectivity index (χ1) is 14.6. The van der Waals surface area contributed by atoms with Crippen LogP contribution >= 0.6 is 77.2 Å². The van der Waals surface area contributed by atoms with Crippen LogP contribution in [0.3, 0.4) is 0 Å². The van der Waals surface area contributed by atoms with Gasteiger partial charge in [0.1, 0.15) is 0 Å². The second-order valence-electron chi connectivity index (χ2n) is 6.35. The second-order valence-corrected chi connectivity index (χ2v) is 10.6. The summed E-state index contributed by atoms with van der Waals surface area (Å²) in [5.41, 5.74) is 0.593. The topological polar surface area (TPSA) is 61.3 Å². The third-order valence-electron chi connectivity index (χ3n) is 4.12. The molecule has 0 aliphatic heterocycles. The molecule has 0 amide bonds. The summed E-state index contributed by atoms with van der Waals surface area (Å²) < 4.78 is 24.0. The number of benzene rings is 2. The van der Waals surface area contributed by atoms with E-state index in [1.165, 1.54) is 18.8 Å². The van der Waals surface area contributed by atoms with Crippen LogP contribution in [-0.4, -0.2) is 16.6 Å². The summed E-state index contributed by atoms with van der Waals surface area (Å²) in [5, 5.41) is 2.64. The van der Waals surface area contributed by atoms with Crippen molar-refractivity contribution < 1.29 is 13.6 Å². The van der Waals surface area contributed by atoms with Crippen LogP contribution in [0.25, 0.3) is 21.8 Å². The predicted molar refractivity (Wildman–Crippen MR) is 128 cm³/mol. The van der Waals surface area contributed by atoms with Crippen molar-refractivity contribution in [2.75, 3.05) is 6.66 Å². The van der Waals surface area contributed by atoms with Gasteiger partial charge in [0.05, 0.1) is 47.8 Å². The van der Waals surface area contributed by atoms with Crippen LogP contribution in [0.4, 0.5) is 0 Å². The van der Waals surface area contributed by atoms with Gasteiger partial charge >= 0.3 is 7.60 Å². The van der Waals surface area contributed by atoms with Gasteiger partial charge in [-0.2, -0.15) is 0 Å². The minimum absolute atomic E-state index is 0.0690. The fraction of sp³-hybridized carbons (Fsp3) is 0.0526. The second kappa shape index (κ2) is 8.64. The molecule has 0 aliphatic carbocycles. The molecule has 160 valence electrons. The maximum Gasteiger partial charge on any atom is 0.430 e. The molecule has 12 heteroatoms. The van der Waals surface area contributed by atoms with Crippen LogP contribution < -0.4 is 9.05 Å². The van der Waals surface area contributed by atoms with E-state index in [0.29, 0.717) is 21.8 Å². The fourth-order valence-corrected chi connectivity index (χ4v) is 4.91. The molecule has 0 aliphatic rings. The monoisotopic (exact) mass is 554 g/mol. The maximum absolute atomic E-state index is 13.0. The highest BCUT2D eigenvalue weighted by atomic mass is 35.5. The highest BCUT2D eigenvalue weighted by molar-refractivity contribution is 7.53. The van der Waals surface area contributed by atoms with E-state index in [4.69, 9.17) is 78.7 Å². The third kappa shape index (κ3) is 4.65. The van der Waals surface area contributed by atoms with E-state index in [9.17, 15) is 4.57 Å². The van der Waals surface area contributed by atoms with E-state index in [1.54, 1.807) is 24.3 Å². The lowest BCUT2D eigenvalue weighted by Gasteiger charge is -2.16. The minimum Gasteiger partial charge on any atom is -0.398 e. The molecule has 0 saturated carbocycles. The molecule has 2 aromatic carbocycles.